The first-order valence-electron chi connectivity index (χ1n) is 10.3. The molecule has 0 atom stereocenters. The van der Waals surface area contributed by atoms with E-state index in [1.165, 1.54) is 6.42 Å². The molecule has 1 saturated heterocycles. The number of hydrogen-bond donors (Lipinski definition) is 3. The van der Waals surface area contributed by atoms with Crippen LogP contribution in [0.1, 0.15) is 43.5 Å². The zero-order chi connectivity index (χ0) is 19.9. The summed E-state index contributed by atoms with van der Waals surface area (Å²) in [5.74, 6) is 1.90. The summed E-state index contributed by atoms with van der Waals surface area (Å²) in [6.45, 7) is 2.13. The Bertz CT molecular complexity index is 963. The molecular formula is C21H27N7O. The summed E-state index contributed by atoms with van der Waals surface area (Å²) in [5, 5.41) is 14.5. The summed E-state index contributed by atoms with van der Waals surface area (Å²) in [7, 11) is 0. The second-order valence-corrected chi connectivity index (χ2v) is 7.26. The summed E-state index contributed by atoms with van der Waals surface area (Å²) in [6, 6.07) is 8.11. The van der Waals surface area contributed by atoms with Gasteiger partial charge >= 0.3 is 0 Å². The number of aryl methyl sites for hydroxylation is 1. The highest BCUT2D eigenvalue weighted by molar-refractivity contribution is 5.99. The average molecular weight is 393 g/mol. The molecule has 0 amide bonds. The van der Waals surface area contributed by atoms with Crippen molar-refractivity contribution in [2.75, 3.05) is 30.0 Å². The molecule has 2 aromatic heterocycles. The van der Waals surface area contributed by atoms with Gasteiger partial charge in [0.2, 0.25) is 11.9 Å². The first-order chi connectivity index (χ1) is 14.3. The molecule has 3 aromatic rings. The van der Waals surface area contributed by atoms with Crippen LogP contribution in [0.4, 0.5) is 11.9 Å². The fraction of sp³-hybridized carbons (Fsp3) is 0.429. The minimum absolute atomic E-state index is 0.185. The van der Waals surface area contributed by atoms with Gasteiger partial charge in [0.15, 0.2) is 0 Å². The third-order valence-corrected chi connectivity index (χ3v) is 5.11. The number of benzene rings is 1. The molecule has 8 heteroatoms. The van der Waals surface area contributed by atoms with E-state index in [9.17, 15) is 0 Å². The van der Waals surface area contributed by atoms with Crippen LogP contribution in [0.3, 0.4) is 0 Å². The number of H-pyrrole nitrogens is 1. The lowest BCUT2D eigenvalue weighted by Crippen LogP contribution is -2.31. The van der Waals surface area contributed by atoms with E-state index < -0.39 is 0 Å². The van der Waals surface area contributed by atoms with Crippen molar-refractivity contribution in [1.29, 1.82) is 0 Å². The molecule has 152 valence electrons. The minimum Gasteiger partial charge on any atom is -0.396 e. The van der Waals surface area contributed by atoms with Crippen LogP contribution in [0, 0.1) is 0 Å². The number of aliphatic hydroxyl groups is 1. The van der Waals surface area contributed by atoms with Crippen molar-refractivity contribution >= 4 is 29.0 Å². The van der Waals surface area contributed by atoms with E-state index in [0.717, 1.165) is 61.1 Å². The number of para-hydroxylation sites is 1. The van der Waals surface area contributed by atoms with Crippen molar-refractivity contribution in [2.24, 2.45) is 5.10 Å². The number of hydrazone groups is 1. The molecule has 4 rings (SSSR count). The number of hydrogen-bond acceptors (Lipinski definition) is 7. The highest BCUT2D eigenvalue weighted by Crippen LogP contribution is 2.18. The van der Waals surface area contributed by atoms with Crippen molar-refractivity contribution in [3.63, 3.8) is 0 Å². The number of aromatic nitrogens is 4. The first kappa shape index (κ1) is 19.3. The van der Waals surface area contributed by atoms with Gasteiger partial charge in [-0.15, -0.1) is 0 Å². The Morgan fingerprint density at radius 1 is 1.10 bits per heavy atom. The second-order valence-electron chi connectivity index (χ2n) is 7.26. The summed E-state index contributed by atoms with van der Waals surface area (Å²) in [4.78, 5) is 19.2. The molecule has 1 aliphatic rings. The van der Waals surface area contributed by atoms with Crippen LogP contribution in [0.25, 0.3) is 10.9 Å². The third-order valence-electron chi connectivity index (χ3n) is 5.11. The number of nitrogens with zero attached hydrogens (tertiary/aromatic N) is 5. The number of rotatable bonds is 8. The smallest absolute Gasteiger partial charge is 0.248 e. The van der Waals surface area contributed by atoms with E-state index in [0.29, 0.717) is 18.3 Å². The zero-order valence-electron chi connectivity index (χ0n) is 16.5. The van der Waals surface area contributed by atoms with Gasteiger partial charge in [0, 0.05) is 48.8 Å². The molecule has 0 radical (unpaired) electrons. The number of anilines is 2. The molecule has 3 N–H and O–H groups in total. The molecule has 0 saturated carbocycles. The Hall–Kier alpha value is -3.00. The summed E-state index contributed by atoms with van der Waals surface area (Å²) >= 11 is 0. The molecule has 29 heavy (non-hydrogen) atoms. The maximum atomic E-state index is 9.04. The van der Waals surface area contributed by atoms with Crippen LogP contribution < -0.4 is 10.3 Å². The van der Waals surface area contributed by atoms with Crippen molar-refractivity contribution in [1.82, 2.24) is 19.9 Å². The molecule has 1 aromatic carbocycles. The second kappa shape index (κ2) is 9.47. The van der Waals surface area contributed by atoms with Crippen molar-refractivity contribution in [3.05, 3.63) is 41.9 Å². The van der Waals surface area contributed by atoms with Crippen LogP contribution >= 0.6 is 0 Å². The van der Waals surface area contributed by atoms with Gasteiger partial charge in [0.25, 0.3) is 0 Å². The summed E-state index contributed by atoms with van der Waals surface area (Å²) < 4.78 is 0. The maximum absolute atomic E-state index is 9.04. The predicted octanol–water partition coefficient (Wildman–Crippen LogP) is 3.10. The van der Waals surface area contributed by atoms with Gasteiger partial charge in [-0.25, -0.2) is 5.43 Å². The summed E-state index contributed by atoms with van der Waals surface area (Å²) in [5.41, 5.74) is 5.05. The number of fused-ring (bicyclic) bond motifs is 1. The zero-order valence-corrected chi connectivity index (χ0v) is 16.5. The van der Waals surface area contributed by atoms with Crippen LogP contribution in [0.2, 0.25) is 0 Å². The van der Waals surface area contributed by atoms with E-state index in [2.05, 4.69) is 41.4 Å². The first-order valence-corrected chi connectivity index (χ1v) is 10.3. The van der Waals surface area contributed by atoms with Gasteiger partial charge in [-0.2, -0.15) is 20.1 Å². The van der Waals surface area contributed by atoms with Gasteiger partial charge in [-0.1, -0.05) is 18.2 Å². The van der Waals surface area contributed by atoms with Crippen molar-refractivity contribution < 1.29 is 5.11 Å². The Morgan fingerprint density at radius 2 is 1.97 bits per heavy atom. The van der Waals surface area contributed by atoms with E-state index in [1.807, 2.05) is 24.4 Å². The van der Waals surface area contributed by atoms with E-state index in [4.69, 9.17) is 5.11 Å². The average Bonchev–Trinajstić information content (AvgIpc) is 3.18. The quantitative estimate of drug-likeness (QED) is 0.309. The van der Waals surface area contributed by atoms with Crippen molar-refractivity contribution in [2.45, 2.75) is 38.5 Å². The number of nitrogens with one attached hydrogen (secondary N) is 2. The topological polar surface area (TPSA) is 102 Å². The monoisotopic (exact) mass is 393 g/mol. The molecule has 0 unspecified atom stereocenters. The lowest BCUT2D eigenvalue weighted by Gasteiger charge is -2.26. The van der Waals surface area contributed by atoms with Crippen LogP contribution in [-0.2, 0) is 6.42 Å². The van der Waals surface area contributed by atoms with Crippen LogP contribution in [0.15, 0.2) is 35.6 Å². The maximum Gasteiger partial charge on any atom is 0.248 e. The Morgan fingerprint density at radius 3 is 2.83 bits per heavy atom. The van der Waals surface area contributed by atoms with Gasteiger partial charge < -0.3 is 15.0 Å². The predicted molar refractivity (Wildman–Crippen MR) is 115 cm³/mol. The fourth-order valence-corrected chi connectivity index (χ4v) is 3.56. The molecule has 1 fully saturated rings. The van der Waals surface area contributed by atoms with Crippen molar-refractivity contribution in [3.8, 4) is 0 Å². The number of piperidine rings is 1. The molecular weight excluding hydrogens is 366 g/mol. The standard InChI is InChI=1S/C21H27N7O/c29-13-7-4-10-19-24-20(26-21(25-19)28-11-5-1-6-12-28)27-23-15-16-14-22-18-9-3-2-8-17(16)18/h2-3,8-9,14-15,22,29H,1,4-7,10-13H2,(H,24,25,26,27)/b23-15+. The SMILES string of the molecule is OCCCCc1nc(N/N=C/c2c[nH]c3ccccc23)nc(N2CCCCC2)n1. The number of aliphatic hydroxyl groups excluding tert-OH is 1. The summed E-state index contributed by atoms with van der Waals surface area (Å²) in [6.07, 6.45) is 9.58. The third kappa shape index (κ3) is 4.89. The van der Waals surface area contributed by atoms with Gasteiger partial charge in [0.1, 0.15) is 5.82 Å². The van der Waals surface area contributed by atoms with E-state index >= 15 is 0 Å². The largest absolute Gasteiger partial charge is 0.396 e. The van der Waals surface area contributed by atoms with E-state index in [1.54, 1.807) is 6.21 Å². The normalized spacial score (nSPS) is 14.7. The van der Waals surface area contributed by atoms with Gasteiger partial charge in [-0.05, 0) is 38.2 Å². The Labute approximate surface area is 170 Å². The molecule has 3 heterocycles. The highest BCUT2D eigenvalue weighted by atomic mass is 16.2. The lowest BCUT2D eigenvalue weighted by molar-refractivity contribution is 0.284. The van der Waals surface area contributed by atoms with Crippen LogP contribution in [-0.4, -0.2) is 51.0 Å². The fourth-order valence-electron chi connectivity index (χ4n) is 3.56. The van der Waals surface area contributed by atoms with Gasteiger partial charge in [0.05, 0.1) is 6.21 Å². The molecule has 0 bridgehead atoms. The number of unbranched alkanes of at least 4 members (excludes halogenated alkanes) is 1. The highest BCUT2D eigenvalue weighted by Gasteiger charge is 2.16. The molecule has 8 nitrogen and oxygen atoms in total. The Kier molecular flexibility index (Phi) is 6.31. The Balaban J connectivity index is 1.52. The molecule has 0 spiro atoms. The van der Waals surface area contributed by atoms with Gasteiger partial charge in [-0.3, -0.25) is 0 Å². The van der Waals surface area contributed by atoms with E-state index in [-0.39, 0.29) is 6.61 Å². The minimum atomic E-state index is 0.185. The number of aromatic amines is 1. The molecule has 1 aliphatic heterocycles. The lowest BCUT2D eigenvalue weighted by atomic mass is 10.1. The molecule has 0 aliphatic carbocycles. The van der Waals surface area contributed by atoms with Crippen LogP contribution in [0.5, 0.6) is 0 Å².